The Labute approximate surface area is 62.5 Å². The van der Waals surface area contributed by atoms with Gasteiger partial charge in [-0.2, -0.15) is 0 Å². The average molecular weight is 140 g/mol. The van der Waals surface area contributed by atoms with Crippen molar-refractivity contribution in [3.8, 4) is 0 Å². The second-order valence-electron chi connectivity index (χ2n) is 2.98. The lowest BCUT2D eigenvalue weighted by Gasteiger charge is -2.12. The molecule has 0 amide bonds. The summed E-state index contributed by atoms with van der Waals surface area (Å²) in [5, 5.41) is 0. The van der Waals surface area contributed by atoms with Gasteiger partial charge in [0.1, 0.15) is 0 Å². The number of nitrogens with one attached hydrogen (secondary N) is 1. The standard InChI is InChI=1S/C8H16N2/c1-2-3-4-8(10-9)7-5-6-7/h2,7-8,10H,1,3-6,9H2. The van der Waals surface area contributed by atoms with Crippen LogP contribution in [-0.4, -0.2) is 6.04 Å². The zero-order valence-electron chi connectivity index (χ0n) is 6.34. The minimum atomic E-state index is 0.540. The highest BCUT2D eigenvalue weighted by Crippen LogP contribution is 2.33. The first kappa shape index (κ1) is 7.76. The second-order valence-corrected chi connectivity index (χ2v) is 2.98. The molecule has 1 unspecified atom stereocenters. The van der Waals surface area contributed by atoms with Crippen LogP contribution in [0.15, 0.2) is 12.7 Å². The van der Waals surface area contributed by atoms with E-state index in [2.05, 4.69) is 12.0 Å². The van der Waals surface area contributed by atoms with E-state index in [4.69, 9.17) is 5.84 Å². The third-order valence-corrected chi connectivity index (χ3v) is 2.09. The molecule has 1 aliphatic rings. The van der Waals surface area contributed by atoms with Gasteiger partial charge in [0.25, 0.3) is 0 Å². The summed E-state index contributed by atoms with van der Waals surface area (Å²) in [6, 6.07) is 0.540. The molecule has 0 spiro atoms. The molecule has 0 heterocycles. The molecule has 3 N–H and O–H groups in total. The van der Waals surface area contributed by atoms with Crippen molar-refractivity contribution in [2.45, 2.75) is 31.7 Å². The van der Waals surface area contributed by atoms with Crippen LogP contribution in [0.2, 0.25) is 0 Å². The monoisotopic (exact) mass is 140 g/mol. The Hall–Kier alpha value is -0.340. The van der Waals surface area contributed by atoms with Gasteiger partial charge in [0.2, 0.25) is 0 Å². The highest BCUT2D eigenvalue weighted by Gasteiger charge is 2.29. The van der Waals surface area contributed by atoms with Crippen LogP contribution in [0.25, 0.3) is 0 Å². The quantitative estimate of drug-likeness (QED) is 0.342. The van der Waals surface area contributed by atoms with Gasteiger partial charge in [-0.1, -0.05) is 6.08 Å². The number of rotatable bonds is 5. The summed E-state index contributed by atoms with van der Waals surface area (Å²) in [5.74, 6) is 6.22. The molecule has 0 radical (unpaired) electrons. The molecule has 0 saturated heterocycles. The number of allylic oxidation sites excluding steroid dienone is 1. The lowest BCUT2D eigenvalue weighted by atomic mass is 10.1. The van der Waals surface area contributed by atoms with Crippen molar-refractivity contribution < 1.29 is 0 Å². The minimum absolute atomic E-state index is 0.540. The van der Waals surface area contributed by atoms with Gasteiger partial charge in [-0.05, 0) is 31.6 Å². The largest absolute Gasteiger partial charge is 0.271 e. The Bertz CT molecular complexity index is 108. The van der Waals surface area contributed by atoms with Crippen molar-refractivity contribution in [2.75, 3.05) is 0 Å². The van der Waals surface area contributed by atoms with Crippen LogP contribution in [0, 0.1) is 5.92 Å². The third kappa shape index (κ3) is 2.12. The van der Waals surface area contributed by atoms with E-state index in [1.165, 1.54) is 12.8 Å². The lowest BCUT2D eigenvalue weighted by molar-refractivity contribution is 0.449. The zero-order valence-corrected chi connectivity index (χ0v) is 6.34. The maximum atomic E-state index is 5.37. The Morgan fingerprint density at radius 3 is 2.80 bits per heavy atom. The molecule has 1 rings (SSSR count). The van der Waals surface area contributed by atoms with E-state index in [9.17, 15) is 0 Å². The Kier molecular flexibility index (Phi) is 2.90. The van der Waals surface area contributed by atoms with Gasteiger partial charge in [-0.15, -0.1) is 6.58 Å². The van der Waals surface area contributed by atoms with Crippen LogP contribution < -0.4 is 11.3 Å². The maximum absolute atomic E-state index is 5.37. The minimum Gasteiger partial charge on any atom is -0.271 e. The number of nitrogens with two attached hydrogens (primary N) is 1. The summed E-state index contributed by atoms with van der Waals surface area (Å²) in [5.41, 5.74) is 2.85. The molecule has 2 heteroatoms. The molecule has 10 heavy (non-hydrogen) atoms. The van der Waals surface area contributed by atoms with E-state index in [1.54, 1.807) is 0 Å². The summed E-state index contributed by atoms with van der Waals surface area (Å²) < 4.78 is 0. The van der Waals surface area contributed by atoms with Crippen LogP contribution >= 0.6 is 0 Å². The van der Waals surface area contributed by atoms with Crippen LogP contribution in [-0.2, 0) is 0 Å². The van der Waals surface area contributed by atoms with E-state index in [-0.39, 0.29) is 0 Å². The Morgan fingerprint density at radius 1 is 1.70 bits per heavy atom. The van der Waals surface area contributed by atoms with Gasteiger partial charge >= 0.3 is 0 Å². The van der Waals surface area contributed by atoms with Crippen molar-refractivity contribution in [3.05, 3.63) is 12.7 Å². The van der Waals surface area contributed by atoms with E-state index >= 15 is 0 Å². The van der Waals surface area contributed by atoms with Crippen LogP contribution in [0.1, 0.15) is 25.7 Å². The van der Waals surface area contributed by atoms with Gasteiger partial charge in [0.05, 0.1) is 0 Å². The molecule has 1 aliphatic carbocycles. The molecular formula is C8H16N2. The first-order chi connectivity index (χ1) is 4.88. The smallest absolute Gasteiger partial charge is 0.0241 e. The van der Waals surface area contributed by atoms with Gasteiger partial charge < -0.3 is 0 Å². The Morgan fingerprint density at radius 2 is 2.40 bits per heavy atom. The molecule has 0 aromatic carbocycles. The summed E-state index contributed by atoms with van der Waals surface area (Å²) in [7, 11) is 0. The molecule has 1 fully saturated rings. The van der Waals surface area contributed by atoms with E-state index in [0.29, 0.717) is 6.04 Å². The van der Waals surface area contributed by atoms with E-state index < -0.39 is 0 Å². The molecule has 0 bridgehead atoms. The lowest BCUT2D eigenvalue weighted by Crippen LogP contribution is -2.36. The fourth-order valence-electron chi connectivity index (χ4n) is 1.25. The highest BCUT2D eigenvalue weighted by molar-refractivity contribution is 4.86. The fourth-order valence-corrected chi connectivity index (χ4v) is 1.25. The van der Waals surface area contributed by atoms with Gasteiger partial charge in [0, 0.05) is 6.04 Å². The molecule has 1 atom stereocenters. The average Bonchev–Trinajstić information content (AvgIpc) is 2.73. The Balaban J connectivity index is 2.12. The maximum Gasteiger partial charge on any atom is 0.0241 e. The summed E-state index contributed by atoms with van der Waals surface area (Å²) in [6.45, 7) is 3.68. The molecule has 58 valence electrons. The van der Waals surface area contributed by atoms with Crippen LogP contribution in [0.5, 0.6) is 0 Å². The summed E-state index contributed by atoms with van der Waals surface area (Å²) in [6.07, 6.45) is 6.88. The van der Waals surface area contributed by atoms with Crippen molar-refractivity contribution in [2.24, 2.45) is 11.8 Å². The van der Waals surface area contributed by atoms with Crippen molar-refractivity contribution >= 4 is 0 Å². The highest BCUT2D eigenvalue weighted by atomic mass is 15.2. The predicted octanol–water partition coefficient (Wildman–Crippen LogP) is 1.19. The SMILES string of the molecule is C=CCCC(NN)C1CC1. The number of hydrogen-bond donors (Lipinski definition) is 2. The second kappa shape index (κ2) is 3.74. The molecule has 0 aliphatic heterocycles. The molecular weight excluding hydrogens is 124 g/mol. The number of hydrogen-bond acceptors (Lipinski definition) is 2. The van der Waals surface area contributed by atoms with Crippen LogP contribution in [0.4, 0.5) is 0 Å². The molecule has 1 saturated carbocycles. The van der Waals surface area contributed by atoms with Gasteiger partial charge in [0.15, 0.2) is 0 Å². The van der Waals surface area contributed by atoms with Gasteiger partial charge in [-0.3, -0.25) is 11.3 Å². The van der Waals surface area contributed by atoms with Crippen molar-refractivity contribution in [1.29, 1.82) is 0 Å². The van der Waals surface area contributed by atoms with Gasteiger partial charge in [-0.25, -0.2) is 0 Å². The molecule has 0 aromatic heterocycles. The van der Waals surface area contributed by atoms with E-state index in [0.717, 1.165) is 18.8 Å². The van der Waals surface area contributed by atoms with Crippen molar-refractivity contribution in [1.82, 2.24) is 5.43 Å². The molecule has 0 aromatic rings. The summed E-state index contributed by atoms with van der Waals surface area (Å²) >= 11 is 0. The topological polar surface area (TPSA) is 38.0 Å². The third-order valence-electron chi connectivity index (χ3n) is 2.09. The normalized spacial score (nSPS) is 20.5. The molecule has 2 nitrogen and oxygen atoms in total. The van der Waals surface area contributed by atoms with Crippen molar-refractivity contribution in [3.63, 3.8) is 0 Å². The van der Waals surface area contributed by atoms with Crippen LogP contribution in [0.3, 0.4) is 0 Å². The first-order valence-electron chi connectivity index (χ1n) is 3.95. The first-order valence-corrected chi connectivity index (χ1v) is 3.95. The number of hydrazine groups is 1. The summed E-state index contributed by atoms with van der Waals surface area (Å²) in [4.78, 5) is 0. The zero-order chi connectivity index (χ0) is 7.40. The fraction of sp³-hybridized carbons (Fsp3) is 0.750. The van der Waals surface area contributed by atoms with E-state index in [1.807, 2.05) is 6.08 Å². The predicted molar refractivity (Wildman–Crippen MR) is 43.3 cm³/mol.